The summed E-state index contributed by atoms with van der Waals surface area (Å²) >= 11 is 1.47. The molecule has 0 radical (unpaired) electrons. The molecular formula is C15H17N5OS. The fraction of sp³-hybridized carbons (Fsp3) is 0.333. The van der Waals surface area contributed by atoms with Crippen LogP contribution in [0.1, 0.15) is 26.1 Å². The number of aryl methyl sites for hydroxylation is 1. The summed E-state index contributed by atoms with van der Waals surface area (Å²) in [5.41, 5.74) is 1.74. The Morgan fingerprint density at radius 1 is 1.36 bits per heavy atom. The monoisotopic (exact) mass is 315 g/mol. The molecule has 3 rings (SSSR count). The molecule has 114 valence electrons. The number of amides is 1. The lowest BCUT2D eigenvalue weighted by molar-refractivity contribution is -0.116. The number of anilines is 1. The molecule has 0 unspecified atom stereocenters. The number of rotatable bonds is 4. The van der Waals surface area contributed by atoms with Crippen molar-refractivity contribution >= 4 is 27.9 Å². The molecule has 1 N–H and O–H groups in total. The molecule has 0 saturated carbocycles. The van der Waals surface area contributed by atoms with Crippen molar-refractivity contribution in [2.45, 2.75) is 27.2 Å². The average molecular weight is 315 g/mol. The summed E-state index contributed by atoms with van der Waals surface area (Å²) in [6.45, 7) is 5.92. The molecule has 0 aliphatic heterocycles. The van der Waals surface area contributed by atoms with Crippen LogP contribution in [0.3, 0.4) is 0 Å². The maximum atomic E-state index is 11.9. The highest BCUT2D eigenvalue weighted by Gasteiger charge is 2.11. The van der Waals surface area contributed by atoms with Gasteiger partial charge in [0, 0.05) is 17.7 Å². The lowest BCUT2D eigenvalue weighted by Crippen LogP contribution is -2.13. The SMILES string of the molecule is Cc1nnc2sc(-c3cccc(NC(=O)CC(C)C)c3)nn12. The predicted molar refractivity (Wildman–Crippen MR) is 86.9 cm³/mol. The minimum absolute atomic E-state index is 0.0288. The Labute approximate surface area is 132 Å². The highest BCUT2D eigenvalue weighted by molar-refractivity contribution is 7.19. The predicted octanol–water partition coefficient (Wildman–Crippen LogP) is 3.15. The van der Waals surface area contributed by atoms with E-state index in [4.69, 9.17) is 0 Å². The maximum absolute atomic E-state index is 11.9. The second-order valence-electron chi connectivity index (χ2n) is 5.58. The van der Waals surface area contributed by atoms with Gasteiger partial charge in [-0.25, -0.2) is 0 Å². The highest BCUT2D eigenvalue weighted by atomic mass is 32.1. The van der Waals surface area contributed by atoms with Gasteiger partial charge in [-0.05, 0) is 25.0 Å². The number of hydrogen-bond acceptors (Lipinski definition) is 5. The third-order valence-electron chi connectivity index (χ3n) is 3.13. The molecule has 6 nitrogen and oxygen atoms in total. The summed E-state index contributed by atoms with van der Waals surface area (Å²) in [5, 5.41) is 16.3. The van der Waals surface area contributed by atoms with Crippen LogP contribution in [0.2, 0.25) is 0 Å². The van der Waals surface area contributed by atoms with Crippen molar-refractivity contribution in [3.8, 4) is 10.6 Å². The number of fused-ring (bicyclic) bond motifs is 1. The van der Waals surface area contributed by atoms with E-state index in [1.165, 1.54) is 11.3 Å². The zero-order chi connectivity index (χ0) is 15.7. The van der Waals surface area contributed by atoms with E-state index >= 15 is 0 Å². The largest absolute Gasteiger partial charge is 0.326 e. The van der Waals surface area contributed by atoms with Crippen LogP contribution in [0, 0.1) is 12.8 Å². The van der Waals surface area contributed by atoms with Gasteiger partial charge < -0.3 is 5.32 Å². The Morgan fingerprint density at radius 3 is 2.91 bits per heavy atom. The summed E-state index contributed by atoms with van der Waals surface area (Å²) in [5.74, 6) is 1.13. The molecule has 2 heterocycles. The van der Waals surface area contributed by atoms with Gasteiger partial charge in [-0.1, -0.05) is 37.3 Å². The molecule has 2 aromatic heterocycles. The van der Waals surface area contributed by atoms with Crippen LogP contribution in [0.5, 0.6) is 0 Å². The molecule has 0 saturated heterocycles. The molecule has 0 spiro atoms. The Morgan fingerprint density at radius 2 is 2.18 bits per heavy atom. The fourth-order valence-corrected chi connectivity index (χ4v) is 3.03. The Bertz CT molecular complexity index is 820. The quantitative estimate of drug-likeness (QED) is 0.803. The molecule has 1 aromatic carbocycles. The molecule has 0 aliphatic carbocycles. The van der Waals surface area contributed by atoms with Gasteiger partial charge in [-0.2, -0.15) is 9.61 Å². The smallest absolute Gasteiger partial charge is 0.234 e. The normalized spacial score (nSPS) is 11.3. The van der Waals surface area contributed by atoms with Crippen LogP contribution >= 0.6 is 11.3 Å². The molecule has 3 aromatic rings. The van der Waals surface area contributed by atoms with E-state index in [1.807, 2.05) is 45.0 Å². The second-order valence-corrected chi connectivity index (χ2v) is 6.53. The molecule has 22 heavy (non-hydrogen) atoms. The molecule has 7 heteroatoms. The summed E-state index contributed by atoms with van der Waals surface area (Å²) in [4.78, 5) is 12.6. The first-order chi connectivity index (χ1) is 10.5. The second kappa shape index (κ2) is 5.84. The van der Waals surface area contributed by atoms with Gasteiger partial charge in [0.05, 0.1) is 0 Å². The van der Waals surface area contributed by atoms with Crippen molar-refractivity contribution in [1.29, 1.82) is 0 Å². The Balaban J connectivity index is 1.85. The first kappa shape index (κ1) is 14.6. The minimum atomic E-state index is 0.0288. The van der Waals surface area contributed by atoms with Gasteiger partial charge in [-0.15, -0.1) is 10.2 Å². The molecule has 0 atom stereocenters. The van der Waals surface area contributed by atoms with Gasteiger partial charge >= 0.3 is 0 Å². The van der Waals surface area contributed by atoms with Crippen molar-refractivity contribution in [2.24, 2.45) is 5.92 Å². The first-order valence-corrected chi connectivity index (χ1v) is 7.93. The number of hydrogen-bond donors (Lipinski definition) is 1. The summed E-state index contributed by atoms with van der Waals surface area (Å²) in [6, 6.07) is 7.70. The van der Waals surface area contributed by atoms with E-state index in [0.717, 1.165) is 27.0 Å². The average Bonchev–Trinajstić information content (AvgIpc) is 3.01. The topological polar surface area (TPSA) is 72.2 Å². The lowest BCUT2D eigenvalue weighted by atomic mass is 10.1. The summed E-state index contributed by atoms with van der Waals surface area (Å²) in [6.07, 6.45) is 0.514. The van der Waals surface area contributed by atoms with Gasteiger partial charge in [0.25, 0.3) is 0 Å². The van der Waals surface area contributed by atoms with Crippen LogP contribution in [-0.4, -0.2) is 25.7 Å². The number of nitrogens with one attached hydrogen (secondary N) is 1. The van der Waals surface area contributed by atoms with Crippen molar-refractivity contribution in [2.75, 3.05) is 5.32 Å². The minimum Gasteiger partial charge on any atom is -0.326 e. The number of benzene rings is 1. The number of nitrogens with zero attached hydrogens (tertiary/aromatic N) is 4. The summed E-state index contributed by atoms with van der Waals surface area (Å²) < 4.78 is 1.73. The van der Waals surface area contributed by atoms with Crippen molar-refractivity contribution < 1.29 is 4.79 Å². The van der Waals surface area contributed by atoms with Crippen LogP contribution < -0.4 is 5.32 Å². The third kappa shape index (κ3) is 2.99. The standard InChI is InChI=1S/C15H17N5OS/c1-9(2)7-13(21)16-12-6-4-5-11(8-12)14-19-20-10(3)17-18-15(20)22-14/h4-6,8-9H,7H2,1-3H3,(H,16,21). The Hall–Kier alpha value is -2.28. The lowest BCUT2D eigenvalue weighted by Gasteiger charge is -2.07. The van der Waals surface area contributed by atoms with Crippen LogP contribution in [0.25, 0.3) is 15.5 Å². The van der Waals surface area contributed by atoms with Crippen molar-refractivity contribution in [3.05, 3.63) is 30.1 Å². The molecule has 0 bridgehead atoms. The van der Waals surface area contributed by atoms with Gasteiger partial charge in [0.15, 0.2) is 5.82 Å². The van der Waals surface area contributed by atoms with E-state index in [1.54, 1.807) is 4.52 Å². The van der Waals surface area contributed by atoms with Gasteiger partial charge in [0.2, 0.25) is 10.9 Å². The first-order valence-electron chi connectivity index (χ1n) is 7.12. The molecule has 1 amide bonds. The number of carbonyl (C=O) groups excluding carboxylic acids is 1. The molecule has 0 fully saturated rings. The van der Waals surface area contributed by atoms with Crippen LogP contribution in [0.4, 0.5) is 5.69 Å². The van der Waals surface area contributed by atoms with E-state index < -0.39 is 0 Å². The van der Waals surface area contributed by atoms with E-state index in [9.17, 15) is 4.79 Å². The summed E-state index contributed by atoms with van der Waals surface area (Å²) in [7, 11) is 0. The maximum Gasteiger partial charge on any atom is 0.234 e. The van der Waals surface area contributed by atoms with Crippen molar-refractivity contribution in [3.63, 3.8) is 0 Å². The van der Waals surface area contributed by atoms with Crippen molar-refractivity contribution in [1.82, 2.24) is 19.8 Å². The third-order valence-corrected chi connectivity index (χ3v) is 4.08. The zero-order valence-corrected chi connectivity index (χ0v) is 13.5. The van der Waals surface area contributed by atoms with E-state index in [-0.39, 0.29) is 5.91 Å². The van der Waals surface area contributed by atoms with Gasteiger partial charge in [-0.3, -0.25) is 4.79 Å². The Kier molecular flexibility index (Phi) is 3.89. The number of aromatic nitrogens is 4. The fourth-order valence-electron chi connectivity index (χ4n) is 2.14. The van der Waals surface area contributed by atoms with Crippen LogP contribution in [0.15, 0.2) is 24.3 Å². The number of carbonyl (C=O) groups is 1. The molecule has 0 aliphatic rings. The molecular weight excluding hydrogens is 298 g/mol. The van der Waals surface area contributed by atoms with Gasteiger partial charge in [0.1, 0.15) is 5.01 Å². The zero-order valence-electron chi connectivity index (χ0n) is 12.7. The van der Waals surface area contributed by atoms with E-state index in [2.05, 4.69) is 20.6 Å². The van der Waals surface area contributed by atoms with Crippen LogP contribution in [-0.2, 0) is 4.79 Å². The van der Waals surface area contributed by atoms with E-state index in [0.29, 0.717) is 12.3 Å². The highest BCUT2D eigenvalue weighted by Crippen LogP contribution is 2.27.